The second kappa shape index (κ2) is 7.58. The van der Waals surface area contributed by atoms with Crippen LogP contribution in [0.4, 0.5) is 4.39 Å². The summed E-state index contributed by atoms with van der Waals surface area (Å²) in [5.74, 6) is -0.375. The van der Waals surface area contributed by atoms with E-state index in [0.717, 1.165) is 12.0 Å². The smallest absolute Gasteiger partial charge is 0.141 e. The van der Waals surface area contributed by atoms with Gasteiger partial charge in [-0.15, -0.1) is 0 Å². The summed E-state index contributed by atoms with van der Waals surface area (Å²) in [5.41, 5.74) is 3.61. The van der Waals surface area contributed by atoms with Gasteiger partial charge < -0.3 is 5.32 Å². The van der Waals surface area contributed by atoms with Crippen LogP contribution in [-0.2, 0) is 13.0 Å². The largest absolute Gasteiger partial charge is 0.306 e. The van der Waals surface area contributed by atoms with Crippen LogP contribution in [0.2, 0.25) is 5.02 Å². The highest BCUT2D eigenvalue weighted by molar-refractivity contribution is 6.30. The highest BCUT2D eigenvalue weighted by atomic mass is 35.5. The van der Waals surface area contributed by atoms with E-state index in [0.29, 0.717) is 6.54 Å². The molecular weight excluding hydrogens is 285 g/mol. The van der Waals surface area contributed by atoms with Crippen molar-refractivity contribution in [1.82, 2.24) is 5.32 Å². The van der Waals surface area contributed by atoms with Crippen molar-refractivity contribution in [2.24, 2.45) is 0 Å². The maximum Gasteiger partial charge on any atom is 0.141 e. The van der Waals surface area contributed by atoms with Crippen LogP contribution in [0.3, 0.4) is 0 Å². The van der Waals surface area contributed by atoms with E-state index in [9.17, 15) is 4.39 Å². The summed E-state index contributed by atoms with van der Waals surface area (Å²) in [7, 11) is 0. The summed E-state index contributed by atoms with van der Waals surface area (Å²) in [6.07, 6.45) is 2.29. The van der Waals surface area contributed by atoms with Crippen molar-refractivity contribution in [3.63, 3.8) is 0 Å². The Hall–Kier alpha value is -1.38. The normalized spacial score (nSPS) is 12.4. The lowest BCUT2D eigenvalue weighted by Crippen LogP contribution is -2.18. The van der Waals surface area contributed by atoms with E-state index in [-0.39, 0.29) is 16.9 Å². The molecule has 1 nitrogen and oxygen atoms in total. The number of rotatable bonds is 6. The predicted molar refractivity (Wildman–Crippen MR) is 87.1 cm³/mol. The molecule has 21 heavy (non-hydrogen) atoms. The first-order chi connectivity index (χ1) is 10.1. The molecule has 0 amide bonds. The van der Waals surface area contributed by atoms with Crippen LogP contribution < -0.4 is 5.32 Å². The number of aryl methyl sites for hydroxylation is 1. The Morgan fingerprint density at radius 2 is 1.76 bits per heavy atom. The topological polar surface area (TPSA) is 12.0 Å². The van der Waals surface area contributed by atoms with Gasteiger partial charge in [-0.2, -0.15) is 0 Å². The number of hydrogen-bond acceptors (Lipinski definition) is 1. The van der Waals surface area contributed by atoms with Crippen molar-refractivity contribution < 1.29 is 4.39 Å². The molecule has 0 bridgehead atoms. The summed E-state index contributed by atoms with van der Waals surface area (Å²) in [4.78, 5) is 0. The third kappa shape index (κ3) is 4.55. The third-order valence-corrected chi connectivity index (χ3v) is 3.90. The van der Waals surface area contributed by atoms with Crippen molar-refractivity contribution in [3.05, 3.63) is 70.0 Å². The van der Waals surface area contributed by atoms with Crippen molar-refractivity contribution in [3.8, 4) is 0 Å². The molecule has 112 valence electrons. The highest BCUT2D eigenvalue weighted by Gasteiger charge is 2.06. The molecule has 0 saturated heterocycles. The fourth-order valence-corrected chi connectivity index (χ4v) is 2.50. The van der Waals surface area contributed by atoms with Gasteiger partial charge in [0.1, 0.15) is 5.82 Å². The Morgan fingerprint density at radius 1 is 1.10 bits per heavy atom. The van der Waals surface area contributed by atoms with Crippen molar-refractivity contribution in [2.75, 3.05) is 0 Å². The van der Waals surface area contributed by atoms with Crippen LogP contribution in [0.25, 0.3) is 0 Å². The van der Waals surface area contributed by atoms with E-state index < -0.39 is 0 Å². The maximum atomic E-state index is 13.1. The van der Waals surface area contributed by atoms with Gasteiger partial charge in [0.2, 0.25) is 0 Å². The molecule has 0 saturated carbocycles. The van der Waals surface area contributed by atoms with Gasteiger partial charge in [-0.05, 0) is 42.2 Å². The first kappa shape index (κ1) is 16.0. The fraction of sp³-hybridized carbons (Fsp3) is 0.333. The van der Waals surface area contributed by atoms with Crippen LogP contribution >= 0.6 is 11.6 Å². The van der Waals surface area contributed by atoms with E-state index in [4.69, 9.17) is 11.6 Å². The molecule has 1 N–H and O–H groups in total. The molecular formula is C18H21ClFN. The minimum Gasteiger partial charge on any atom is -0.306 e. The average Bonchev–Trinajstić information content (AvgIpc) is 2.49. The molecule has 2 rings (SSSR count). The molecule has 3 heteroatoms. The van der Waals surface area contributed by atoms with Gasteiger partial charge in [0.15, 0.2) is 0 Å². The van der Waals surface area contributed by atoms with Gasteiger partial charge in [0, 0.05) is 12.6 Å². The Bertz CT molecular complexity index is 580. The predicted octanol–water partition coefficient (Wildman–Crippen LogP) is 5.28. The van der Waals surface area contributed by atoms with Gasteiger partial charge in [-0.25, -0.2) is 4.39 Å². The summed E-state index contributed by atoms with van der Waals surface area (Å²) >= 11 is 5.79. The third-order valence-electron chi connectivity index (χ3n) is 3.61. The van der Waals surface area contributed by atoms with Crippen molar-refractivity contribution in [1.29, 1.82) is 0 Å². The van der Waals surface area contributed by atoms with E-state index in [2.05, 4.69) is 43.4 Å². The Morgan fingerprint density at radius 3 is 2.38 bits per heavy atom. The summed E-state index contributed by atoms with van der Waals surface area (Å²) in [6, 6.07) is 13.8. The highest BCUT2D eigenvalue weighted by Crippen LogP contribution is 2.18. The first-order valence-corrected chi connectivity index (χ1v) is 7.74. The zero-order valence-electron chi connectivity index (χ0n) is 12.5. The molecule has 2 aromatic carbocycles. The second-order valence-electron chi connectivity index (χ2n) is 5.34. The standard InChI is InChI=1S/C18H21ClFN/c1-3-4-14-5-8-16(9-6-14)13(2)21-12-15-7-10-18(20)17(19)11-15/h5-11,13,21H,3-4,12H2,1-2H3. The maximum absolute atomic E-state index is 13.1. The summed E-state index contributed by atoms with van der Waals surface area (Å²) in [5, 5.41) is 3.60. The summed E-state index contributed by atoms with van der Waals surface area (Å²) < 4.78 is 13.1. The second-order valence-corrected chi connectivity index (χ2v) is 5.75. The molecule has 0 radical (unpaired) electrons. The number of hydrogen-bond donors (Lipinski definition) is 1. The Labute approximate surface area is 131 Å². The van der Waals surface area contributed by atoms with Crippen molar-refractivity contribution >= 4 is 11.6 Å². The fourth-order valence-electron chi connectivity index (χ4n) is 2.30. The first-order valence-electron chi connectivity index (χ1n) is 7.36. The lowest BCUT2D eigenvalue weighted by atomic mass is 10.0. The molecule has 0 aliphatic rings. The molecule has 0 heterocycles. The van der Waals surface area contributed by atoms with Gasteiger partial charge >= 0.3 is 0 Å². The molecule has 1 unspecified atom stereocenters. The van der Waals surface area contributed by atoms with E-state index in [1.54, 1.807) is 12.1 Å². The zero-order valence-corrected chi connectivity index (χ0v) is 13.3. The van der Waals surface area contributed by atoms with Crippen LogP contribution in [0.5, 0.6) is 0 Å². The van der Waals surface area contributed by atoms with Crippen LogP contribution in [-0.4, -0.2) is 0 Å². The quantitative estimate of drug-likeness (QED) is 0.765. The molecule has 1 atom stereocenters. The SMILES string of the molecule is CCCc1ccc(C(C)NCc2ccc(F)c(Cl)c2)cc1. The van der Waals surface area contributed by atoms with E-state index in [1.807, 2.05) is 0 Å². The molecule has 0 fully saturated rings. The minimum absolute atomic E-state index is 0.172. The monoisotopic (exact) mass is 305 g/mol. The number of benzene rings is 2. The van der Waals surface area contributed by atoms with Gasteiger partial charge in [0.25, 0.3) is 0 Å². The Balaban J connectivity index is 1.94. The van der Waals surface area contributed by atoms with Gasteiger partial charge in [0.05, 0.1) is 5.02 Å². The van der Waals surface area contributed by atoms with Crippen LogP contribution in [0.1, 0.15) is 43.0 Å². The average molecular weight is 306 g/mol. The molecule has 0 spiro atoms. The molecule has 0 aliphatic heterocycles. The zero-order chi connectivity index (χ0) is 15.2. The molecule has 0 aliphatic carbocycles. The minimum atomic E-state index is -0.375. The lowest BCUT2D eigenvalue weighted by molar-refractivity contribution is 0.572. The number of halogens is 2. The van der Waals surface area contributed by atoms with E-state index >= 15 is 0 Å². The van der Waals surface area contributed by atoms with Gasteiger partial charge in [-0.3, -0.25) is 0 Å². The Kier molecular flexibility index (Phi) is 5.77. The number of nitrogens with one attached hydrogen (secondary N) is 1. The summed E-state index contributed by atoms with van der Waals surface area (Å²) in [6.45, 7) is 4.98. The van der Waals surface area contributed by atoms with Crippen molar-refractivity contribution in [2.45, 2.75) is 39.3 Å². The van der Waals surface area contributed by atoms with E-state index in [1.165, 1.54) is 23.6 Å². The van der Waals surface area contributed by atoms with Crippen LogP contribution in [0, 0.1) is 5.82 Å². The van der Waals surface area contributed by atoms with Crippen LogP contribution in [0.15, 0.2) is 42.5 Å². The molecule has 2 aromatic rings. The lowest BCUT2D eigenvalue weighted by Gasteiger charge is -2.15. The van der Waals surface area contributed by atoms with Gasteiger partial charge in [-0.1, -0.05) is 55.3 Å². The molecule has 0 aromatic heterocycles.